The quantitative estimate of drug-likeness (QED) is 0.351. The first kappa shape index (κ1) is 21.6. The summed E-state index contributed by atoms with van der Waals surface area (Å²) < 4.78 is 5.67. The lowest BCUT2D eigenvalue weighted by atomic mass is 9.80. The minimum atomic E-state index is -0.290. The van der Waals surface area contributed by atoms with Crippen molar-refractivity contribution in [2.75, 3.05) is 13.2 Å². The monoisotopic (exact) mass is 346 g/mol. The van der Waals surface area contributed by atoms with Gasteiger partial charge in [0, 0.05) is 24.0 Å². The number of hydrogen-bond acceptors (Lipinski definition) is 3. The van der Waals surface area contributed by atoms with Gasteiger partial charge in [0.15, 0.2) is 0 Å². The molecule has 1 unspecified atom stereocenters. The molecule has 0 saturated heterocycles. The minimum absolute atomic E-state index is 0.210. The number of hydrogen-bond donors (Lipinski definition) is 0. The van der Waals surface area contributed by atoms with Crippen molar-refractivity contribution in [3.8, 4) is 0 Å². The van der Waals surface area contributed by atoms with Gasteiger partial charge in [0.05, 0.1) is 0 Å². The van der Waals surface area contributed by atoms with Crippen LogP contribution in [0.15, 0.2) is 30.3 Å². The van der Waals surface area contributed by atoms with Crippen molar-refractivity contribution in [1.29, 1.82) is 0 Å². The molecule has 0 fully saturated rings. The average Bonchev–Trinajstić information content (AvgIpc) is 2.61. The summed E-state index contributed by atoms with van der Waals surface area (Å²) in [6, 6.07) is 10.2. The number of carbonyl (C=O) groups excluding carboxylic acids is 2. The van der Waals surface area contributed by atoms with Gasteiger partial charge in [0.25, 0.3) is 0 Å². The lowest BCUT2D eigenvalue weighted by Crippen LogP contribution is -2.21. The first-order valence-corrected chi connectivity index (χ1v) is 9.45. The highest BCUT2D eigenvalue weighted by Gasteiger charge is 2.23. The van der Waals surface area contributed by atoms with Crippen molar-refractivity contribution in [1.82, 2.24) is 0 Å². The number of unbranched alkanes of at least 4 members (excludes halogenated alkanes) is 2. The zero-order valence-corrected chi connectivity index (χ0v) is 16.1. The van der Waals surface area contributed by atoms with E-state index in [2.05, 4.69) is 12.1 Å². The predicted molar refractivity (Wildman–Crippen MR) is 103 cm³/mol. The number of rotatable bonds is 14. The fraction of sp³-hybridized carbons (Fsp3) is 0.636. The standard InChI is InChI=1S/C22H34O3/c1-21(2,18-23)13-7-9-15-25-16-10-8-14-22(3,19-24)17-20-11-5-4-6-12-20/h4-6,11-12,18-19H,7-10,13-17H2,1-3H3. The van der Waals surface area contributed by atoms with Crippen LogP contribution in [0.4, 0.5) is 0 Å². The van der Waals surface area contributed by atoms with E-state index in [0.717, 1.165) is 70.7 Å². The van der Waals surface area contributed by atoms with Crippen LogP contribution in [0.1, 0.15) is 64.9 Å². The molecule has 0 spiro atoms. The third-order valence-electron chi connectivity index (χ3n) is 4.70. The number of carbonyl (C=O) groups is 2. The van der Waals surface area contributed by atoms with Crippen LogP contribution >= 0.6 is 0 Å². The molecule has 140 valence electrons. The van der Waals surface area contributed by atoms with Crippen molar-refractivity contribution < 1.29 is 14.3 Å². The molecule has 0 amide bonds. The van der Waals surface area contributed by atoms with Crippen molar-refractivity contribution >= 4 is 12.6 Å². The van der Waals surface area contributed by atoms with Gasteiger partial charge in [-0.3, -0.25) is 0 Å². The van der Waals surface area contributed by atoms with Crippen LogP contribution in [-0.2, 0) is 20.7 Å². The van der Waals surface area contributed by atoms with Crippen molar-refractivity contribution in [2.45, 2.75) is 65.7 Å². The lowest BCUT2D eigenvalue weighted by Gasteiger charge is -2.23. The van der Waals surface area contributed by atoms with Crippen LogP contribution < -0.4 is 0 Å². The molecule has 0 saturated carbocycles. The van der Waals surface area contributed by atoms with Crippen LogP contribution in [0.25, 0.3) is 0 Å². The van der Waals surface area contributed by atoms with Gasteiger partial charge in [0.1, 0.15) is 12.6 Å². The highest BCUT2D eigenvalue weighted by atomic mass is 16.5. The molecule has 0 N–H and O–H groups in total. The molecular formula is C22H34O3. The Morgan fingerprint density at radius 1 is 0.840 bits per heavy atom. The molecule has 3 heteroatoms. The molecule has 1 aromatic rings. The molecule has 0 aliphatic rings. The summed E-state index contributed by atoms with van der Waals surface area (Å²) in [5.41, 5.74) is 0.714. The Morgan fingerprint density at radius 3 is 2.00 bits per heavy atom. The Morgan fingerprint density at radius 2 is 1.44 bits per heavy atom. The van der Waals surface area contributed by atoms with E-state index in [1.54, 1.807) is 0 Å². The van der Waals surface area contributed by atoms with Crippen LogP contribution in [0.5, 0.6) is 0 Å². The summed E-state index contributed by atoms with van der Waals surface area (Å²) in [6.45, 7) is 7.49. The third-order valence-corrected chi connectivity index (χ3v) is 4.70. The molecule has 0 radical (unpaired) electrons. The normalized spacial score (nSPS) is 14.0. The van der Waals surface area contributed by atoms with Gasteiger partial charge in [-0.15, -0.1) is 0 Å². The van der Waals surface area contributed by atoms with Crippen molar-refractivity contribution in [3.05, 3.63) is 35.9 Å². The molecule has 0 heterocycles. The number of ether oxygens (including phenoxy) is 1. The van der Waals surface area contributed by atoms with E-state index in [1.165, 1.54) is 5.56 Å². The first-order valence-electron chi connectivity index (χ1n) is 9.45. The molecule has 1 rings (SSSR count). The Bertz CT molecular complexity index is 495. The van der Waals surface area contributed by atoms with E-state index in [1.807, 2.05) is 39.0 Å². The SMILES string of the molecule is CC(C)(C=O)CCCCOCCCCC(C)(C=O)Cc1ccccc1. The molecule has 0 bridgehead atoms. The average molecular weight is 347 g/mol. The maximum atomic E-state index is 11.5. The number of benzene rings is 1. The second-order valence-corrected chi connectivity index (χ2v) is 8.07. The Labute approximate surface area is 153 Å². The molecule has 25 heavy (non-hydrogen) atoms. The smallest absolute Gasteiger partial charge is 0.126 e. The molecule has 1 aromatic carbocycles. The second-order valence-electron chi connectivity index (χ2n) is 8.07. The second kappa shape index (κ2) is 11.2. The fourth-order valence-corrected chi connectivity index (χ4v) is 2.93. The molecule has 0 aromatic heterocycles. The third kappa shape index (κ3) is 9.54. The van der Waals surface area contributed by atoms with Crippen LogP contribution in [-0.4, -0.2) is 25.8 Å². The largest absolute Gasteiger partial charge is 0.381 e. The van der Waals surface area contributed by atoms with Crippen LogP contribution in [0.2, 0.25) is 0 Å². The summed E-state index contributed by atoms with van der Waals surface area (Å²) in [5, 5.41) is 0. The first-order chi connectivity index (χ1) is 11.9. The van der Waals surface area contributed by atoms with Gasteiger partial charge in [-0.2, -0.15) is 0 Å². The van der Waals surface area contributed by atoms with Gasteiger partial charge in [-0.05, 0) is 37.7 Å². The highest BCUT2D eigenvalue weighted by Crippen LogP contribution is 2.26. The summed E-state index contributed by atoms with van der Waals surface area (Å²) in [6.07, 6.45) is 8.74. The molecular weight excluding hydrogens is 312 g/mol. The van der Waals surface area contributed by atoms with Crippen LogP contribution in [0, 0.1) is 10.8 Å². The van der Waals surface area contributed by atoms with Crippen molar-refractivity contribution in [3.63, 3.8) is 0 Å². The minimum Gasteiger partial charge on any atom is -0.381 e. The Hall–Kier alpha value is -1.48. The van der Waals surface area contributed by atoms with E-state index in [-0.39, 0.29) is 10.8 Å². The Balaban J connectivity index is 2.11. The van der Waals surface area contributed by atoms with Gasteiger partial charge in [0.2, 0.25) is 0 Å². The molecule has 0 aliphatic carbocycles. The summed E-state index contributed by atoms with van der Waals surface area (Å²) in [5.74, 6) is 0. The lowest BCUT2D eigenvalue weighted by molar-refractivity contribution is -0.116. The van der Waals surface area contributed by atoms with E-state index >= 15 is 0 Å². The van der Waals surface area contributed by atoms with Gasteiger partial charge in [-0.1, -0.05) is 63.9 Å². The predicted octanol–water partition coefficient (Wildman–Crippen LogP) is 5.02. The summed E-state index contributed by atoms with van der Waals surface area (Å²) in [7, 11) is 0. The summed E-state index contributed by atoms with van der Waals surface area (Å²) in [4.78, 5) is 22.3. The molecule has 1 atom stereocenters. The maximum Gasteiger partial charge on any atom is 0.126 e. The summed E-state index contributed by atoms with van der Waals surface area (Å²) >= 11 is 0. The zero-order chi connectivity index (χ0) is 18.6. The van der Waals surface area contributed by atoms with E-state index in [0.29, 0.717) is 0 Å². The fourth-order valence-electron chi connectivity index (χ4n) is 2.93. The van der Waals surface area contributed by atoms with E-state index in [9.17, 15) is 9.59 Å². The molecule has 3 nitrogen and oxygen atoms in total. The van der Waals surface area contributed by atoms with Crippen LogP contribution in [0.3, 0.4) is 0 Å². The van der Waals surface area contributed by atoms with Crippen molar-refractivity contribution in [2.24, 2.45) is 10.8 Å². The highest BCUT2D eigenvalue weighted by molar-refractivity contribution is 5.59. The number of aldehydes is 2. The van der Waals surface area contributed by atoms with E-state index < -0.39 is 0 Å². The molecule has 0 aliphatic heterocycles. The van der Waals surface area contributed by atoms with Gasteiger partial charge < -0.3 is 14.3 Å². The van der Waals surface area contributed by atoms with E-state index in [4.69, 9.17) is 4.74 Å². The topological polar surface area (TPSA) is 43.4 Å². The zero-order valence-electron chi connectivity index (χ0n) is 16.1. The Kier molecular flexibility index (Phi) is 9.66. The van der Waals surface area contributed by atoms with Gasteiger partial charge in [-0.25, -0.2) is 0 Å². The van der Waals surface area contributed by atoms with Gasteiger partial charge >= 0.3 is 0 Å². The maximum absolute atomic E-state index is 11.5.